The van der Waals surface area contributed by atoms with E-state index in [0.717, 1.165) is 6.08 Å². The lowest BCUT2D eigenvalue weighted by Crippen LogP contribution is -2.48. The Kier molecular flexibility index (Phi) is 4.61. The molecule has 0 aromatic rings. The summed E-state index contributed by atoms with van der Waals surface area (Å²) < 4.78 is 4.66. The molecule has 0 heterocycles. The van der Waals surface area contributed by atoms with Gasteiger partial charge in [0.2, 0.25) is 5.91 Å². The van der Waals surface area contributed by atoms with Gasteiger partial charge in [0.25, 0.3) is 0 Å². The van der Waals surface area contributed by atoms with Gasteiger partial charge in [0.15, 0.2) is 0 Å². The first-order valence-electron chi connectivity index (χ1n) is 3.87. The molecular weight excluding hydrogens is 174 g/mol. The third kappa shape index (κ3) is 7.45. The van der Waals surface area contributed by atoms with Crippen molar-refractivity contribution >= 4 is 5.97 Å². The summed E-state index contributed by atoms with van der Waals surface area (Å²) in [7, 11) is 0. The molecule has 0 aliphatic carbocycles. The van der Waals surface area contributed by atoms with Crippen LogP contribution >= 0.6 is 0 Å². The molecule has 5 heteroatoms. The van der Waals surface area contributed by atoms with Crippen molar-refractivity contribution in [1.82, 2.24) is 5.32 Å². The van der Waals surface area contributed by atoms with Gasteiger partial charge in [-0.3, -0.25) is 5.32 Å². The summed E-state index contributed by atoms with van der Waals surface area (Å²) in [5.41, 5.74) is 0. The zero-order valence-electron chi connectivity index (χ0n) is 7.78. The van der Waals surface area contributed by atoms with E-state index >= 15 is 0 Å². The average Bonchev–Trinajstić information content (AvgIpc) is 1.97. The topological polar surface area (TPSA) is 78.8 Å². The van der Waals surface area contributed by atoms with Crippen LogP contribution in [0.4, 0.5) is 0 Å². The maximum Gasteiger partial charge on any atom is 0.330 e. The predicted octanol–water partition coefficient (Wildman–Crippen LogP) is -0.648. The lowest BCUT2D eigenvalue weighted by molar-refractivity contribution is -0.178. The third-order valence-electron chi connectivity index (χ3n) is 1.16. The van der Waals surface area contributed by atoms with Crippen molar-refractivity contribution in [3.63, 3.8) is 0 Å². The molecule has 0 amide bonds. The minimum Gasteiger partial charge on any atom is -0.461 e. The molecule has 0 rings (SSSR count). The summed E-state index contributed by atoms with van der Waals surface area (Å²) in [5.74, 6) is -2.49. The molecule has 1 unspecified atom stereocenters. The Morgan fingerprint density at radius 1 is 1.77 bits per heavy atom. The highest BCUT2D eigenvalue weighted by Gasteiger charge is 2.18. The number of hydrogen-bond acceptors (Lipinski definition) is 5. The van der Waals surface area contributed by atoms with E-state index in [1.165, 1.54) is 6.92 Å². The zero-order valence-corrected chi connectivity index (χ0v) is 7.78. The van der Waals surface area contributed by atoms with Gasteiger partial charge in [0, 0.05) is 19.0 Å². The van der Waals surface area contributed by atoms with Crippen LogP contribution in [0, 0.1) is 0 Å². The maximum absolute atomic E-state index is 10.6. The quantitative estimate of drug-likeness (QED) is 0.304. The Morgan fingerprint density at radius 3 is 2.69 bits per heavy atom. The van der Waals surface area contributed by atoms with Crippen molar-refractivity contribution in [3.8, 4) is 0 Å². The number of nitrogens with one attached hydrogen (secondary N) is 1. The minimum atomic E-state index is -1.96. The van der Waals surface area contributed by atoms with Gasteiger partial charge < -0.3 is 14.9 Å². The van der Waals surface area contributed by atoms with Crippen LogP contribution in [-0.2, 0) is 9.53 Å². The number of aliphatic hydroxyl groups is 2. The standard InChI is InChI=1S/C8H15NO4/c1-4-7(10)13-5-6(2)9-8(3,11)12/h4,6,9,11-12H,1,5H2,2-3H3. The second-order valence-electron chi connectivity index (χ2n) is 2.90. The fourth-order valence-electron chi connectivity index (χ4n) is 0.775. The fourth-order valence-corrected chi connectivity index (χ4v) is 0.775. The van der Waals surface area contributed by atoms with Crippen molar-refractivity contribution in [2.24, 2.45) is 0 Å². The van der Waals surface area contributed by atoms with Gasteiger partial charge in [0.05, 0.1) is 0 Å². The summed E-state index contributed by atoms with van der Waals surface area (Å²) in [6.45, 7) is 6.11. The van der Waals surface area contributed by atoms with Crippen molar-refractivity contribution < 1.29 is 19.7 Å². The summed E-state index contributed by atoms with van der Waals surface area (Å²) in [6.07, 6.45) is 1.05. The molecule has 76 valence electrons. The molecule has 0 aliphatic rings. The monoisotopic (exact) mass is 189 g/mol. The smallest absolute Gasteiger partial charge is 0.330 e. The van der Waals surface area contributed by atoms with Gasteiger partial charge in [-0.1, -0.05) is 6.58 Å². The molecule has 0 aromatic heterocycles. The van der Waals surface area contributed by atoms with E-state index in [0.29, 0.717) is 0 Å². The third-order valence-corrected chi connectivity index (χ3v) is 1.16. The number of ether oxygens (including phenoxy) is 1. The van der Waals surface area contributed by atoms with Crippen molar-refractivity contribution in [1.29, 1.82) is 0 Å². The van der Waals surface area contributed by atoms with E-state index in [9.17, 15) is 4.79 Å². The number of hydrogen-bond donors (Lipinski definition) is 3. The summed E-state index contributed by atoms with van der Waals surface area (Å²) in [6, 6.07) is -0.344. The van der Waals surface area contributed by atoms with E-state index in [1.807, 2.05) is 0 Å². The Labute approximate surface area is 77.0 Å². The molecule has 0 aromatic carbocycles. The number of esters is 1. The lowest BCUT2D eigenvalue weighted by atomic mass is 10.3. The summed E-state index contributed by atoms with van der Waals surface area (Å²) >= 11 is 0. The van der Waals surface area contributed by atoms with E-state index in [1.54, 1.807) is 6.92 Å². The predicted molar refractivity (Wildman–Crippen MR) is 46.6 cm³/mol. The highest BCUT2D eigenvalue weighted by molar-refractivity contribution is 5.81. The second kappa shape index (κ2) is 4.96. The Bertz CT molecular complexity index is 185. The molecule has 0 aliphatic heterocycles. The van der Waals surface area contributed by atoms with Crippen LogP contribution in [-0.4, -0.2) is 34.7 Å². The van der Waals surface area contributed by atoms with Gasteiger partial charge >= 0.3 is 5.97 Å². The van der Waals surface area contributed by atoms with Gasteiger partial charge in [-0.25, -0.2) is 4.79 Å². The van der Waals surface area contributed by atoms with Crippen molar-refractivity contribution in [3.05, 3.63) is 12.7 Å². The first-order valence-corrected chi connectivity index (χ1v) is 3.87. The van der Waals surface area contributed by atoms with Gasteiger partial charge in [-0.2, -0.15) is 0 Å². The summed E-state index contributed by atoms with van der Waals surface area (Å²) in [4.78, 5) is 10.6. The van der Waals surface area contributed by atoms with Crippen LogP contribution in [0.25, 0.3) is 0 Å². The van der Waals surface area contributed by atoms with Crippen molar-refractivity contribution in [2.45, 2.75) is 25.8 Å². The van der Waals surface area contributed by atoms with Crippen molar-refractivity contribution in [2.75, 3.05) is 6.61 Å². The second-order valence-corrected chi connectivity index (χ2v) is 2.90. The van der Waals surface area contributed by atoms with Crippen LogP contribution in [0.15, 0.2) is 12.7 Å². The van der Waals surface area contributed by atoms with Crippen LogP contribution in [0.3, 0.4) is 0 Å². The average molecular weight is 189 g/mol. The largest absolute Gasteiger partial charge is 0.461 e. The maximum atomic E-state index is 10.6. The number of carbonyl (C=O) groups is 1. The van der Waals surface area contributed by atoms with Gasteiger partial charge in [-0.15, -0.1) is 0 Å². The Morgan fingerprint density at radius 2 is 2.31 bits per heavy atom. The molecule has 0 saturated heterocycles. The van der Waals surface area contributed by atoms with E-state index < -0.39 is 11.9 Å². The highest BCUT2D eigenvalue weighted by atomic mass is 16.5. The van der Waals surface area contributed by atoms with Crippen LogP contribution in [0.5, 0.6) is 0 Å². The fraction of sp³-hybridized carbons (Fsp3) is 0.625. The molecule has 1 atom stereocenters. The Balaban J connectivity index is 3.69. The van der Waals surface area contributed by atoms with E-state index in [-0.39, 0.29) is 12.6 Å². The zero-order chi connectivity index (χ0) is 10.5. The molecule has 0 spiro atoms. The normalized spacial score (nSPS) is 13.5. The van der Waals surface area contributed by atoms with E-state index in [2.05, 4.69) is 16.6 Å². The first-order chi connectivity index (χ1) is 5.85. The molecule has 13 heavy (non-hydrogen) atoms. The molecule has 0 bridgehead atoms. The van der Waals surface area contributed by atoms with Crippen LogP contribution < -0.4 is 5.32 Å². The number of carbonyl (C=O) groups excluding carboxylic acids is 1. The molecule has 0 saturated carbocycles. The van der Waals surface area contributed by atoms with Crippen LogP contribution in [0.2, 0.25) is 0 Å². The lowest BCUT2D eigenvalue weighted by Gasteiger charge is -2.22. The first kappa shape index (κ1) is 12.1. The Hall–Kier alpha value is -0.910. The van der Waals surface area contributed by atoms with Crippen LogP contribution in [0.1, 0.15) is 13.8 Å². The van der Waals surface area contributed by atoms with E-state index in [4.69, 9.17) is 10.2 Å². The minimum absolute atomic E-state index is 0.0571. The van der Waals surface area contributed by atoms with Gasteiger partial charge in [0.1, 0.15) is 6.61 Å². The SMILES string of the molecule is C=CC(=O)OCC(C)NC(C)(O)O. The molecular formula is C8H15NO4. The molecule has 3 N–H and O–H groups in total. The molecule has 5 nitrogen and oxygen atoms in total. The summed E-state index contributed by atoms with van der Waals surface area (Å²) in [5, 5.41) is 20.2. The highest BCUT2D eigenvalue weighted by Crippen LogP contribution is 1.95. The molecule has 0 fully saturated rings. The van der Waals surface area contributed by atoms with Gasteiger partial charge in [-0.05, 0) is 6.92 Å². The number of rotatable bonds is 5. The molecule has 0 radical (unpaired) electrons.